The van der Waals surface area contributed by atoms with E-state index in [1.807, 2.05) is 0 Å². The van der Waals surface area contributed by atoms with Gasteiger partial charge >= 0.3 is 0 Å². The number of aromatic nitrogens is 2. The topological polar surface area (TPSA) is 28.7 Å². The summed E-state index contributed by atoms with van der Waals surface area (Å²) in [6.07, 6.45) is 12.2. The standard InChI is InChI=1S/C16H23BrN2S2/c17-14-15(11-6-4-5-7-11)18-13(19-16(14)20)10-21-12-8-2-1-3-9-12/h11-12H,1-10H2,(H,18,19,20). The number of hydrogen-bond donors (Lipinski definition) is 1. The Hall–Kier alpha value is 0.130. The highest BCUT2D eigenvalue weighted by Gasteiger charge is 2.22. The maximum atomic E-state index is 5.45. The van der Waals surface area contributed by atoms with Gasteiger partial charge in [0.05, 0.1) is 10.2 Å². The minimum absolute atomic E-state index is 0.641. The lowest BCUT2D eigenvalue weighted by molar-refractivity contribution is 0.516. The third-order valence-corrected chi connectivity index (χ3v) is 7.45. The smallest absolute Gasteiger partial charge is 0.144 e. The Morgan fingerprint density at radius 1 is 1.10 bits per heavy atom. The Kier molecular flexibility index (Phi) is 5.79. The molecule has 0 spiro atoms. The van der Waals surface area contributed by atoms with E-state index in [-0.39, 0.29) is 0 Å². The Balaban J connectivity index is 1.71. The average molecular weight is 387 g/mol. The number of H-pyrrole nitrogens is 1. The number of hydrogen-bond acceptors (Lipinski definition) is 3. The molecule has 2 aliphatic carbocycles. The van der Waals surface area contributed by atoms with E-state index in [0.29, 0.717) is 5.92 Å². The third-order valence-electron chi connectivity index (χ3n) is 4.71. The van der Waals surface area contributed by atoms with Crippen LogP contribution in [0.2, 0.25) is 0 Å². The van der Waals surface area contributed by atoms with Crippen molar-refractivity contribution in [3.05, 3.63) is 20.6 Å². The molecule has 1 N–H and O–H groups in total. The second-order valence-electron chi connectivity index (χ2n) is 6.27. The van der Waals surface area contributed by atoms with Crippen molar-refractivity contribution < 1.29 is 0 Å². The predicted octanol–water partition coefficient (Wildman–Crippen LogP) is 6.13. The van der Waals surface area contributed by atoms with Gasteiger partial charge in [0.25, 0.3) is 0 Å². The lowest BCUT2D eigenvalue weighted by Gasteiger charge is -2.21. The first-order valence-electron chi connectivity index (χ1n) is 8.14. The molecular formula is C16H23BrN2S2. The predicted molar refractivity (Wildman–Crippen MR) is 96.5 cm³/mol. The fourth-order valence-corrected chi connectivity index (χ4v) is 5.45. The monoisotopic (exact) mass is 386 g/mol. The second-order valence-corrected chi connectivity index (χ2v) is 8.74. The molecule has 21 heavy (non-hydrogen) atoms. The Morgan fingerprint density at radius 3 is 2.48 bits per heavy atom. The van der Waals surface area contributed by atoms with E-state index in [9.17, 15) is 0 Å². The van der Waals surface area contributed by atoms with E-state index in [0.717, 1.165) is 25.9 Å². The van der Waals surface area contributed by atoms with Crippen LogP contribution in [0.25, 0.3) is 0 Å². The lowest BCUT2D eigenvalue weighted by atomic mass is 10.0. The van der Waals surface area contributed by atoms with Crippen LogP contribution < -0.4 is 0 Å². The molecule has 1 heterocycles. The van der Waals surface area contributed by atoms with Gasteiger partial charge in [-0.1, -0.05) is 44.3 Å². The first kappa shape index (κ1) is 16.0. The van der Waals surface area contributed by atoms with E-state index >= 15 is 0 Å². The molecule has 0 radical (unpaired) electrons. The summed E-state index contributed by atoms with van der Waals surface area (Å²) in [7, 11) is 0. The summed E-state index contributed by atoms with van der Waals surface area (Å²) in [5.74, 6) is 2.68. The number of nitrogens with zero attached hydrogens (tertiary/aromatic N) is 1. The molecule has 1 aromatic rings. The zero-order chi connectivity index (χ0) is 14.7. The van der Waals surface area contributed by atoms with Gasteiger partial charge in [-0.15, -0.1) is 0 Å². The molecule has 3 rings (SSSR count). The van der Waals surface area contributed by atoms with Crippen molar-refractivity contribution in [2.45, 2.75) is 74.7 Å². The van der Waals surface area contributed by atoms with E-state index in [1.54, 1.807) is 0 Å². The maximum Gasteiger partial charge on any atom is 0.144 e. The van der Waals surface area contributed by atoms with Crippen molar-refractivity contribution in [2.75, 3.05) is 0 Å². The Bertz CT molecular complexity index is 532. The molecule has 0 aliphatic heterocycles. The summed E-state index contributed by atoms with van der Waals surface area (Å²) < 4.78 is 1.76. The first-order valence-corrected chi connectivity index (χ1v) is 10.4. The molecule has 0 aromatic carbocycles. The van der Waals surface area contributed by atoms with Crippen LogP contribution in [0.4, 0.5) is 0 Å². The van der Waals surface area contributed by atoms with Crippen LogP contribution >= 0.6 is 39.9 Å². The van der Waals surface area contributed by atoms with Crippen molar-refractivity contribution in [1.29, 1.82) is 0 Å². The van der Waals surface area contributed by atoms with Gasteiger partial charge in [0.15, 0.2) is 0 Å². The quantitative estimate of drug-likeness (QED) is 0.631. The van der Waals surface area contributed by atoms with Crippen LogP contribution in [0.5, 0.6) is 0 Å². The second kappa shape index (κ2) is 7.60. The first-order chi connectivity index (χ1) is 10.2. The SMILES string of the molecule is S=c1nc(CSC2CCCCC2)[nH]c(C2CCCC2)c1Br. The van der Waals surface area contributed by atoms with Crippen molar-refractivity contribution in [3.8, 4) is 0 Å². The molecule has 116 valence electrons. The van der Waals surface area contributed by atoms with Crippen LogP contribution in [0.3, 0.4) is 0 Å². The molecule has 0 amide bonds. The highest BCUT2D eigenvalue weighted by molar-refractivity contribution is 9.10. The van der Waals surface area contributed by atoms with Gasteiger partial charge in [-0.25, -0.2) is 4.98 Å². The summed E-state index contributed by atoms with van der Waals surface area (Å²) in [5.41, 5.74) is 1.30. The molecule has 2 saturated carbocycles. The minimum Gasteiger partial charge on any atom is -0.345 e. The van der Waals surface area contributed by atoms with Gasteiger partial charge < -0.3 is 4.98 Å². The van der Waals surface area contributed by atoms with Crippen molar-refractivity contribution in [3.63, 3.8) is 0 Å². The number of thioether (sulfide) groups is 1. The van der Waals surface area contributed by atoms with Crippen LogP contribution in [0.15, 0.2) is 4.47 Å². The number of aromatic amines is 1. The Morgan fingerprint density at radius 2 is 1.76 bits per heavy atom. The summed E-state index contributed by atoms with van der Waals surface area (Å²) in [5, 5.41) is 0.820. The lowest BCUT2D eigenvalue weighted by Crippen LogP contribution is -2.10. The van der Waals surface area contributed by atoms with Crippen molar-refractivity contribution >= 4 is 39.9 Å². The van der Waals surface area contributed by atoms with Crippen LogP contribution in [-0.2, 0) is 5.75 Å². The summed E-state index contributed by atoms with van der Waals surface area (Å²) >= 11 is 11.2. The Labute approximate surface area is 145 Å². The molecule has 2 fully saturated rings. The molecule has 1 aromatic heterocycles. The van der Waals surface area contributed by atoms with Gasteiger partial charge in [-0.2, -0.15) is 11.8 Å². The molecule has 2 nitrogen and oxygen atoms in total. The van der Waals surface area contributed by atoms with E-state index < -0.39 is 0 Å². The number of rotatable bonds is 4. The molecule has 0 saturated heterocycles. The zero-order valence-electron chi connectivity index (χ0n) is 12.4. The van der Waals surface area contributed by atoms with Gasteiger partial charge in [-0.05, 0) is 41.6 Å². The van der Waals surface area contributed by atoms with Crippen LogP contribution in [-0.4, -0.2) is 15.2 Å². The maximum absolute atomic E-state index is 5.45. The van der Waals surface area contributed by atoms with Crippen molar-refractivity contribution in [2.24, 2.45) is 0 Å². The molecule has 5 heteroatoms. The van der Waals surface area contributed by atoms with Gasteiger partial charge in [0.1, 0.15) is 10.5 Å². The summed E-state index contributed by atoms with van der Waals surface area (Å²) in [6.45, 7) is 0. The molecule has 0 atom stereocenters. The third kappa shape index (κ3) is 4.11. The molecule has 2 aliphatic rings. The summed E-state index contributed by atoms with van der Waals surface area (Å²) in [4.78, 5) is 8.17. The zero-order valence-corrected chi connectivity index (χ0v) is 15.6. The van der Waals surface area contributed by atoms with Gasteiger partial charge in [-0.3, -0.25) is 0 Å². The fourth-order valence-electron chi connectivity index (χ4n) is 3.52. The van der Waals surface area contributed by atoms with Gasteiger partial charge in [0.2, 0.25) is 0 Å². The molecule has 0 bridgehead atoms. The van der Waals surface area contributed by atoms with Crippen LogP contribution in [0, 0.1) is 4.64 Å². The highest BCUT2D eigenvalue weighted by Crippen LogP contribution is 2.37. The fraction of sp³-hybridized carbons (Fsp3) is 0.750. The minimum atomic E-state index is 0.641. The average Bonchev–Trinajstić information content (AvgIpc) is 3.03. The van der Waals surface area contributed by atoms with Crippen molar-refractivity contribution in [1.82, 2.24) is 9.97 Å². The van der Waals surface area contributed by atoms with E-state index in [1.165, 1.54) is 63.5 Å². The van der Waals surface area contributed by atoms with E-state index in [4.69, 9.17) is 12.2 Å². The van der Waals surface area contributed by atoms with Gasteiger partial charge in [0, 0.05) is 16.9 Å². The van der Waals surface area contributed by atoms with E-state index in [2.05, 4.69) is 37.7 Å². The highest BCUT2D eigenvalue weighted by atomic mass is 79.9. The normalized spacial score (nSPS) is 21.0. The number of halogens is 1. The largest absolute Gasteiger partial charge is 0.345 e. The molecular weight excluding hydrogens is 364 g/mol. The van der Waals surface area contributed by atoms with Crippen LogP contribution in [0.1, 0.15) is 75.2 Å². The summed E-state index contributed by atoms with van der Waals surface area (Å²) in [6, 6.07) is 0. The number of nitrogens with one attached hydrogen (secondary N) is 1. The molecule has 0 unspecified atom stereocenters.